The van der Waals surface area contributed by atoms with Gasteiger partial charge in [0.25, 0.3) is 0 Å². The van der Waals surface area contributed by atoms with Crippen molar-refractivity contribution in [1.29, 1.82) is 0 Å². The predicted molar refractivity (Wildman–Crippen MR) is 110 cm³/mol. The van der Waals surface area contributed by atoms with Gasteiger partial charge in [-0.15, -0.1) is 5.92 Å². The van der Waals surface area contributed by atoms with Crippen molar-refractivity contribution in [3.8, 4) is 17.6 Å². The van der Waals surface area contributed by atoms with Crippen LogP contribution in [0.4, 0.5) is 0 Å². The molecule has 1 spiro atoms. The molecule has 4 heteroatoms. The normalized spacial score (nSPS) is 18.6. The molecule has 3 nitrogen and oxygen atoms in total. The second-order valence-electron chi connectivity index (χ2n) is 7.71. The van der Waals surface area contributed by atoms with Crippen molar-refractivity contribution in [2.75, 3.05) is 6.61 Å². The molecule has 2 aliphatic rings. The van der Waals surface area contributed by atoms with Gasteiger partial charge >= 0.3 is 35.5 Å². The average Bonchev–Trinajstić information content (AvgIpc) is 3.03. The van der Waals surface area contributed by atoms with Crippen LogP contribution in [0.2, 0.25) is 0 Å². The molecule has 0 unspecified atom stereocenters. The van der Waals surface area contributed by atoms with E-state index in [9.17, 15) is 4.79 Å². The third-order valence-corrected chi connectivity index (χ3v) is 5.74. The molecule has 0 amide bonds. The van der Waals surface area contributed by atoms with Crippen molar-refractivity contribution in [1.82, 2.24) is 0 Å². The zero-order valence-corrected chi connectivity index (χ0v) is 15.6. The van der Waals surface area contributed by atoms with Crippen molar-refractivity contribution in [3.05, 3.63) is 41.5 Å². The topological polar surface area (TPSA) is 46.5 Å². The second kappa shape index (κ2) is 10.4. The van der Waals surface area contributed by atoms with E-state index in [-0.39, 0.29) is 41.9 Å². The average molecular weight is 376 g/mol. The zero-order chi connectivity index (χ0) is 18.4. The number of ether oxygens (including phenoxy) is 1. The van der Waals surface area contributed by atoms with Gasteiger partial charge in [0.05, 0.1) is 12.3 Å². The molecule has 0 aromatic heterocycles. The Morgan fingerprint density at radius 3 is 2.56 bits per heavy atom. The predicted octanol–water partition coefficient (Wildman–Crippen LogP) is 4.67. The Morgan fingerprint density at radius 1 is 1.22 bits per heavy atom. The molecule has 1 atom stereocenters. The van der Waals surface area contributed by atoms with Crippen LogP contribution in [0.15, 0.2) is 35.9 Å². The summed E-state index contributed by atoms with van der Waals surface area (Å²) in [6.07, 6.45) is 11.7. The van der Waals surface area contributed by atoms with Crippen LogP contribution in [0.25, 0.3) is 0 Å². The summed E-state index contributed by atoms with van der Waals surface area (Å²) in [5.74, 6) is 5.54. The molecule has 27 heavy (non-hydrogen) atoms. The van der Waals surface area contributed by atoms with Crippen LogP contribution in [0, 0.1) is 17.3 Å². The van der Waals surface area contributed by atoms with Gasteiger partial charge in [-0.25, -0.2) is 0 Å². The number of benzene rings is 1. The number of allylic oxidation sites excluding steroid dienone is 1. The molecule has 0 radical (unpaired) electrons. The molecular weight excluding hydrogens is 347 g/mol. The molecule has 1 saturated carbocycles. The third kappa shape index (κ3) is 6.14. The molecule has 140 valence electrons. The zero-order valence-electron chi connectivity index (χ0n) is 15.6. The molecule has 3 rings (SSSR count). The maximum atomic E-state index is 11.0. The Hall–Kier alpha value is -1.21. The molecule has 1 aromatic carbocycles. The number of carbonyl (C=O) groups is 1. The molecule has 1 aromatic rings. The number of carboxylic acids is 1. The Labute approximate surface area is 184 Å². The SMILES string of the molecule is CC#C[C@@H](CC(=O)O)c1ccc(OCC2=CCC3(CCCCC3)C2)cc1.[NaH]. The van der Waals surface area contributed by atoms with Gasteiger partial charge in [0, 0.05) is 0 Å². The summed E-state index contributed by atoms with van der Waals surface area (Å²) in [6.45, 7) is 2.40. The number of hydrogen-bond acceptors (Lipinski definition) is 2. The first-order valence-electron chi connectivity index (χ1n) is 9.65. The van der Waals surface area contributed by atoms with Gasteiger partial charge in [0.1, 0.15) is 12.4 Å². The molecule has 0 aliphatic heterocycles. The fraction of sp³-hybridized carbons (Fsp3) is 0.522. The molecule has 0 bridgehead atoms. The minimum atomic E-state index is -0.831. The summed E-state index contributed by atoms with van der Waals surface area (Å²) >= 11 is 0. The Bertz CT molecular complexity index is 718. The van der Waals surface area contributed by atoms with Crippen molar-refractivity contribution in [2.24, 2.45) is 5.41 Å². The minimum absolute atomic E-state index is 0. The van der Waals surface area contributed by atoms with Gasteiger partial charge in [-0.05, 0) is 61.3 Å². The van der Waals surface area contributed by atoms with Crippen molar-refractivity contribution in [2.45, 2.75) is 64.2 Å². The van der Waals surface area contributed by atoms with E-state index in [1.807, 2.05) is 24.3 Å². The molecule has 0 heterocycles. The summed E-state index contributed by atoms with van der Waals surface area (Å²) in [5.41, 5.74) is 2.89. The van der Waals surface area contributed by atoms with E-state index in [2.05, 4.69) is 17.9 Å². The summed E-state index contributed by atoms with van der Waals surface area (Å²) in [6, 6.07) is 7.71. The Balaban J connectivity index is 0.00000261. The third-order valence-electron chi connectivity index (χ3n) is 5.74. The Morgan fingerprint density at radius 2 is 1.93 bits per heavy atom. The summed E-state index contributed by atoms with van der Waals surface area (Å²) in [5, 5.41) is 9.04. The van der Waals surface area contributed by atoms with Gasteiger partial charge in [0.2, 0.25) is 0 Å². The van der Waals surface area contributed by atoms with Crippen LogP contribution >= 0.6 is 0 Å². The monoisotopic (exact) mass is 376 g/mol. The quantitative estimate of drug-likeness (QED) is 0.446. The first-order valence-corrected chi connectivity index (χ1v) is 9.65. The van der Waals surface area contributed by atoms with E-state index in [4.69, 9.17) is 9.84 Å². The van der Waals surface area contributed by atoms with Crippen LogP contribution < -0.4 is 4.74 Å². The summed E-state index contributed by atoms with van der Waals surface area (Å²) in [4.78, 5) is 11.0. The Kier molecular flexibility index (Phi) is 8.48. The van der Waals surface area contributed by atoms with Gasteiger partial charge < -0.3 is 9.84 Å². The van der Waals surface area contributed by atoms with Crippen molar-refractivity contribution in [3.63, 3.8) is 0 Å². The van der Waals surface area contributed by atoms with E-state index in [0.717, 1.165) is 11.3 Å². The molecular formula is C23H29NaO3. The van der Waals surface area contributed by atoms with E-state index in [0.29, 0.717) is 12.0 Å². The van der Waals surface area contributed by atoms with Crippen LogP contribution in [0.3, 0.4) is 0 Å². The van der Waals surface area contributed by atoms with Gasteiger partial charge in [0.15, 0.2) is 0 Å². The van der Waals surface area contributed by atoms with Crippen LogP contribution in [-0.4, -0.2) is 47.2 Å². The van der Waals surface area contributed by atoms with Gasteiger partial charge in [-0.2, -0.15) is 0 Å². The van der Waals surface area contributed by atoms with E-state index < -0.39 is 5.97 Å². The van der Waals surface area contributed by atoms with Gasteiger partial charge in [-0.3, -0.25) is 4.79 Å². The fourth-order valence-electron chi connectivity index (χ4n) is 4.35. The van der Waals surface area contributed by atoms with E-state index >= 15 is 0 Å². The van der Waals surface area contributed by atoms with Gasteiger partial charge in [-0.1, -0.05) is 43.4 Å². The van der Waals surface area contributed by atoms with Crippen LogP contribution in [-0.2, 0) is 4.79 Å². The fourth-order valence-corrected chi connectivity index (χ4v) is 4.35. The molecule has 1 N–H and O–H groups in total. The first kappa shape index (κ1) is 22.1. The second-order valence-corrected chi connectivity index (χ2v) is 7.71. The standard InChI is InChI=1S/C23H28O3.Na.H/c1-2-6-20(15-22(24)25)19-7-9-21(10-8-19)26-17-18-11-14-23(16-18)12-4-3-5-13-23;;/h7-11,20H,3-5,12-17H2,1H3,(H,24,25);;/t20-;;/m0../s1. The van der Waals surface area contributed by atoms with Crippen molar-refractivity contribution < 1.29 is 14.6 Å². The van der Waals surface area contributed by atoms with Crippen molar-refractivity contribution >= 4 is 35.5 Å². The molecule has 2 aliphatic carbocycles. The van der Waals surface area contributed by atoms with E-state index in [1.165, 1.54) is 50.5 Å². The first-order chi connectivity index (χ1) is 12.6. The summed E-state index contributed by atoms with van der Waals surface area (Å²) in [7, 11) is 0. The number of aliphatic carboxylic acids is 1. The number of rotatable bonds is 6. The maximum absolute atomic E-state index is 11.0. The number of hydrogen-bond donors (Lipinski definition) is 1. The van der Waals surface area contributed by atoms with Crippen LogP contribution in [0.5, 0.6) is 5.75 Å². The van der Waals surface area contributed by atoms with E-state index in [1.54, 1.807) is 6.92 Å². The molecule has 0 saturated heterocycles. The number of carboxylic acid groups (broad SMARTS) is 1. The summed E-state index contributed by atoms with van der Waals surface area (Å²) < 4.78 is 5.98. The molecule has 1 fully saturated rings. The van der Waals surface area contributed by atoms with Crippen LogP contribution in [0.1, 0.15) is 69.8 Å².